The van der Waals surface area contributed by atoms with Crippen molar-refractivity contribution in [2.75, 3.05) is 13.2 Å². The Labute approximate surface area is 89.0 Å². The van der Waals surface area contributed by atoms with Gasteiger partial charge in [-0.15, -0.1) is 0 Å². The molecule has 0 atom stereocenters. The van der Waals surface area contributed by atoms with E-state index in [0.717, 1.165) is 32.3 Å². The third-order valence-electron chi connectivity index (χ3n) is 2.11. The Balaban J connectivity index is 3.07. The number of hydrogen-bond donors (Lipinski definition) is 0. The van der Waals surface area contributed by atoms with E-state index in [1.165, 1.54) is 25.7 Å². The molecule has 0 heterocycles. The predicted octanol–water partition coefficient (Wildman–Crippen LogP) is 3.91. The highest BCUT2D eigenvalue weighted by Crippen LogP contribution is 2.07. The molecule has 14 heavy (non-hydrogen) atoms. The Hall–Kier alpha value is -0.0800. The van der Waals surface area contributed by atoms with Gasteiger partial charge in [0, 0.05) is 0 Å². The maximum Gasteiger partial charge on any atom is 0.220 e. The molecule has 0 saturated heterocycles. The first-order valence-corrected chi connectivity index (χ1v) is 5.90. The van der Waals surface area contributed by atoms with Gasteiger partial charge < -0.3 is 9.47 Å². The molecule has 0 saturated carbocycles. The van der Waals surface area contributed by atoms with E-state index < -0.39 is 0 Å². The summed E-state index contributed by atoms with van der Waals surface area (Å²) in [6.07, 6.45) is 7.95. The summed E-state index contributed by atoms with van der Waals surface area (Å²) in [6.45, 7) is 7.88. The van der Waals surface area contributed by atoms with Crippen LogP contribution in [0.25, 0.3) is 0 Å². The van der Waals surface area contributed by atoms with Crippen molar-refractivity contribution in [2.45, 2.75) is 59.3 Å². The third-order valence-corrected chi connectivity index (χ3v) is 2.11. The lowest BCUT2D eigenvalue weighted by molar-refractivity contribution is -0.0392. The fraction of sp³-hybridized carbons (Fsp3) is 0.917. The molecule has 0 unspecified atom stereocenters. The highest BCUT2D eigenvalue weighted by molar-refractivity contribution is 4.55. The lowest BCUT2D eigenvalue weighted by Crippen LogP contribution is -2.06. The normalized spacial score (nSPS) is 11.1. The van der Waals surface area contributed by atoms with Gasteiger partial charge in [-0.2, -0.15) is 0 Å². The zero-order valence-corrected chi connectivity index (χ0v) is 9.97. The smallest absolute Gasteiger partial charge is 0.220 e. The molecule has 85 valence electrons. The van der Waals surface area contributed by atoms with E-state index in [4.69, 9.17) is 9.47 Å². The number of ether oxygens (including phenoxy) is 2. The monoisotopic (exact) mass is 201 g/mol. The molecule has 0 aliphatic rings. The van der Waals surface area contributed by atoms with Gasteiger partial charge in [0.25, 0.3) is 0 Å². The highest BCUT2D eigenvalue weighted by atomic mass is 16.7. The molecule has 0 aliphatic heterocycles. The van der Waals surface area contributed by atoms with Crippen LogP contribution in [0, 0.1) is 6.29 Å². The molecule has 0 amide bonds. The Kier molecular flexibility index (Phi) is 10.9. The van der Waals surface area contributed by atoms with Crippen molar-refractivity contribution in [1.82, 2.24) is 0 Å². The second kappa shape index (κ2) is 11.0. The summed E-state index contributed by atoms with van der Waals surface area (Å²) in [6, 6.07) is 0. The number of rotatable bonds is 10. The van der Waals surface area contributed by atoms with Gasteiger partial charge in [0.2, 0.25) is 6.29 Å². The molecule has 0 rings (SSSR count). The van der Waals surface area contributed by atoms with E-state index in [2.05, 4.69) is 13.8 Å². The van der Waals surface area contributed by atoms with Gasteiger partial charge in [-0.05, 0) is 19.8 Å². The van der Waals surface area contributed by atoms with Crippen LogP contribution >= 0.6 is 0 Å². The Morgan fingerprint density at radius 2 is 1.21 bits per heavy atom. The molecule has 0 bridgehead atoms. The van der Waals surface area contributed by atoms with Crippen molar-refractivity contribution in [2.24, 2.45) is 0 Å². The van der Waals surface area contributed by atoms with E-state index in [0.29, 0.717) is 0 Å². The van der Waals surface area contributed by atoms with Crippen LogP contribution in [0.15, 0.2) is 0 Å². The topological polar surface area (TPSA) is 18.5 Å². The van der Waals surface area contributed by atoms with Gasteiger partial charge in [0.1, 0.15) is 0 Å². The van der Waals surface area contributed by atoms with E-state index in [-0.39, 0.29) is 0 Å². The van der Waals surface area contributed by atoms with Crippen molar-refractivity contribution in [3.63, 3.8) is 0 Å². The summed E-state index contributed by atoms with van der Waals surface area (Å²) >= 11 is 0. The third kappa shape index (κ3) is 10.0. The molecule has 0 N–H and O–H groups in total. The largest absolute Gasteiger partial charge is 0.346 e. The molecule has 2 heteroatoms. The lowest BCUT2D eigenvalue weighted by atomic mass is 10.3. The van der Waals surface area contributed by atoms with Crippen LogP contribution in [-0.4, -0.2) is 13.2 Å². The summed E-state index contributed by atoms with van der Waals surface area (Å²) in [7, 11) is 0. The van der Waals surface area contributed by atoms with Crippen LogP contribution in [0.2, 0.25) is 0 Å². The average molecular weight is 201 g/mol. The molecule has 0 fully saturated rings. The second-order valence-corrected chi connectivity index (χ2v) is 3.60. The fourth-order valence-electron chi connectivity index (χ4n) is 1.18. The second-order valence-electron chi connectivity index (χ2n) is 3.60. The minimum Gasteiger partial charge on any atom is -0.346 e. The fourth-order valence-corrected chi connectivity index (χ4v) is 1.18. The Morgan fingerprint density at radius 1 is 0.786 bits per heavy atom. The molecular formula is C12H25O2. The summed E-state index contributed by atoms with van der Waals surface area (Å²) in [5, 5.41) is 0. The first-order valence-electron chi connectivity index (χ1n) is 5.90. The van der Waals surface area contributed by atoms with Gasteiger partial charge >= 0.3 is 0 Å². The van der Waals surface area contributed by atoms with Crippen LogP contribution in [0.4, 0.5) is 0 Å². The van der Waals surface area contributed by atoms with E-state index in [9.17, 15) is 0 Å². The van der Waals surface area contributed by atoms with E-state index >= 15 is 0 Å². The molecule has 2 nitrogen and oxygen atoms in total. The van der Waals surface area contributed by atoms with E-state index in [1.807, 2.05) is 6.92 Å². The van der Waals surface area contributed by atoms with Crippen LogP contribution in [0.5, 0.6) is 0 Å². The van der Waals surface area contributed by atoms with Crippen molar-refractivity contribution in [3.05, 3.63) is 6.29 Å². The zero-order chi connectivity index (χ0) is 10.6. The standard InChI is InChI=1S/C12H25O2/c1-4-6-8-10-13-12(3)14-11-9-7-5-2/h4-11H2,1-3H3. The van der Waals surface area contributed by atoms with Crippen LogP contribution in [0.3, 0.4) is 0 Å². The maximum atomic E-state index is 5.42. The van der Waals surface area contributed by atoms with Crippen LogP contribution in [0.1, 0.15) is 59.3 Å². The maximum absolute atomic E-state index is 5.42. The average Bonchev–Trinajstić information content (AvgIpc) is 2.19. The first kappa shape index (κ1) is 13.9. The molecule has 0 aliphatic carbocycles. The lowest BCUT2D eigenvalue weighted by Gasteiger charge is -2.11. The number of unbranched alkanes of at least 4 members (excludes halogenated alkanes) is 4. The molecule has 0 aromatic carbocycles. The summed E-state index contributed by atoms with van der Waals surface area (Å²) in [4.78, 5) is 0. The Bertz CT molecular complexity index is 92.5. The molecule has 1 radical (unpaired) electrons. The van der Waals surface area contributed by atoms with Crippen molar-refractivity contribution in [1.29, 1.82) is 0 Å². The van der Waals surface area contributed by atoms with E-state index in [1.54, 1.807) is 0 Å². The minimum absolute atomic E-state index is 0.734. The summed E-state index contributed by atoms with van der Waals surface area (Å²) in [5.74, 6) is 0. The zero-order valence-electron chi connectivity index (χ0n) is 9.97. The number of hydrogen-bond acceptors (Lipinski definition) is 2. The van der Waals surface area contributed by atoms with Crippen molar-refractivity contribution in [3.8, 4) is 0 Å². The van der Waals surface area contributed by atoms with Crippen molar-refractivity contribution < 1.29 is 9.47 Å². The highest BCUT2D eigenvalue weighted by Gasteiger charge is 2.02. The predicted molar refractivity (Wildman–Crippen MR) is 59.9 cm³/mol. The summed E-state index contributed by atoms with van der Waals surface area (Å²) in [5.41, 5.74) is 0. The molecule has 0 aromatic rings. The molecule has 0 aromatic heterocycles. The molecular weight excluding hydrogens is 176 g/mol. The van der Waals surface area contributed by atoms with Crippen molar-refractivity contribution >= 4 is 0 Å². The van der Waals surface area contributed by atoms with Crippen LogP contribution in [-0.2, 0) is 9.47 Å². The van der Waals surface area contributed by atoms with Gasteiger partial charge in [-0.25, -0.2) is 0 Å². The summed E-state index contributed by atoms with van der Waals surface area (Å²) < 4.78 is 10.8. The Morgan fingerprint density at radius 3 is 1.57 bits per heavy atom. The minimum atomic E-state index is 0.734. The SMILES string of the molecule is CCCCCO[C](C)OCCCCC. The van der Waals surface area contributed by atoms with Gasteiger partial charge in [0.15, 0.2) is 0 Å². The molecule has 0 spiro atoms. The van der Waals surface area contributed by atoms with Gasteiger partial charge in [0.05, 0.1) is 13.2 Å². The first-order chi connectivity index (χ1) is 6.81. The van der Waals surface area contributed by atoms with Gasteiger partial charge in [-0.3, -0.25) is 0 Å². The van der Waals surface area contributed by atoms with Crippen LogP contribution < -0.4 is 0 Å². The van der Waals surface area contributed by atoms with Gasteiger partial charge in [-0.1, -0.05) is 39.5 Å². The quantitative estimate of drug-likeness (QED) is 0.499.